The lowest BCUT2D eigenvalue weighted by Crippen LogP contribution is -2.52. The number of Topliss-reactive ketones (excluding diaryl/α,β-unsaturated/α-hetero) is 3. The van der Waals surface area contributed by atoms with Crippen LogP contribution in [0.1, 0.15) is 40.0 Å². The van der Waals surface area contributed by atoms with Gasteiger partial charge in [-0.25, -0.2) is 0 Å². The topological polar surface area (TPSA) is 188 Å². The summed E-state index contributed by atoms with van der Waals surface area (Å²) in [5, 5.41) is 19.2. The summed E-state index contributed by atoms with van der Waals surface area (Å²) in [4.78, 5) is 80.3. The number of rotatable bonds is 14. The van der Waals surface area contributed by atoms with Crippen LogP contribution in [0.2, 0.25) is 0 Å². The Balaban J connectivity index is 5.91. The van der Waals surface area contributed by atoms with E-state index in [1.165, 1.54) is 0 Å². The van der Waals surface area contributed by atoms with Gasteiger partial charge in [-0.15, -0.1) is 0 Å². The monoisotopic (exact) mass is 432 g/mol. The standard InChI is InChI=1S/C18H24O12/c1-9(21)4-14(25)28-13(8-20)18(30-16(27)6-11(3)23)17(12(24)7-19)29-15(26)5-10(2)22/h8,12-13,17-19,24H,4-7H2,1-3H3/t12-,13+,17-,18-/m1/s1. The van der Waals surface area contributed by atoms with Gasteiger partial charge < -0.3 is 24.4 Å². The minimum absolute atomic E-state index is 0.0142. The average molecular weight is 432 g/mol. The number of ketones is 3. The van der Waals surface area contributed by atoms with E-state index in [9.17, 15) is 43.8 Å². The highest BCUT2D eigenvalue weighted by molar-refractivity contribution is 5.95. The van der Waals surface area contributed by atoms with Crippen molar-refractivity contribution in [2.75, 3.05) is 6.61 Å². The normalized spacial score (nSPS) is 14.4. The van der Waals surface area contributed by atoms with Crippen LogP contribution in [0, 0.1) is 0 Å². The largest absolute Gasteiger partial charge is 0.455 e. The molecule has 4 atom stereocenters. The summed E-state index contributed by atoms with van der Waals surface area (Å²) in [6.07, 6.45) is -10.1. The minimum atomic E-state index is -1.98. The predicted octanol–water partition coefficient (Wildman–Crippen LogP) is -1.79. The molecule has 0 rings (SSSR count). The summed E-state index contributed by atoms with van der Waals surface area (Å²) in [5.41, 5.74) is 0. The second kappa shape index (κ2) is 13.3. The molecule has 0 saturated heterocycles. The Labute approximate surface area is 171 Å². The van der Waals surface area contributed by atoms with Gasteiger partial charge in [-0.1, -0.05) is 0 Å². The predicted molar refractivity (Wildman–Crippen MR) is 94.7 cm³/mol. The van der Waals surface area contributed by atoms with Gasteiger partial charge in [0, 0.05) is 0 Å². The molecule has 0 aliphatic rings. The fourth-order valence-corrected chi connectivity index (χ4v) is 2.15. The van der Waals surface area contributed by atoms with Gasteiger partial charge in [0.1, 0.15) is 42.7 Å². The number of hydrogen-bond acceptors (Lipinski definition) is 12. The van der Waals surface area contributed by atoms with E-state index in [1.54, 1.807) is 0 Å². The van der Waals surface area contributed by atoms with Gasteiger partial charge >= 0.3 is 17.9 Å². The van der Waals surface area contributed by atoms with Crippen molar-refractivity contribution in [3.05, 3.63) is 0 Å². The summed E-state index contributed by atoms with van der Waals surface area (Å²) < 4.78 is 14.6. The maximum absolute atomic E-state index is 11.9. The van der Waals surface area contributed by atoms with E-state index < -0.39 is 85.5 Å². The summed E-state index contributed by atoms with van der Waals surface area (Å²) >= 11 is 0. The van der Waals surface area contributed by atoms with Crippen molar-refractivity contribution in [1.29, 1.82) is 0 Å². The van der Waals surface area contributed by atoms with Crippen LogP contribution >= 0.6 is 0 Å². The lowest BCUT2D eigenvalue weighted by molar-refractivity contribution is -0.196. The zero-order valence-corrected chi connectivity index (χ0v) is 16.7. The number of aldehydes is 1. The number of carbonyl (C=O) groups is 7. The molecule has 12 heteroatoms. The van der Waals surface area contributed by atoms with Crippen LogP contribution in [0.5, 0.6) is 0 Å². The highest BCUT2D eigenvalue weighted by atomic mass is 16.6. The Morgan fingerprint density at radius 2 is 1.10 bits per heavy atom. The third-order valence-corrected chi connectivity index (χ3v) is 3.33. The van der Waals surface area contributed by atoms with Crippen molar-refractivity contribution < 1.29 is 58.0 Å². The van der Waals surface area contributed by atoms with Gasteiger partial charge in [0.25, 0.3) is 0 Å². The van der Waals surface area contributed by atoms with Crippen LogP contribution in [0.3, 0.4) is 0 Å². The van der Waals surface area contributed by atoms with Gasteiger partial charge in [0.15, 0.2) is 24.6 Å². The zero-order valence-electron chi connectivity index (χ0n) is 16.7. The van der Waals surface area contributed by atoms with Crippen molar-refractivity contribution in [2.24, 2.45) is 0 Å². The molecular formula is C18H24O12. The summed E-state index contributed by atoms with van der Waals surface area (Å²) in [7, 11) is 0. The SMILES string of the molecule is CC(=O)CC(=O)O[C@@H]([C@H](OC(=O)CC(C)=O)[C@H](C=O)OC(=O)CC(C)=O)[C@H](O)CO. The molecule has 0 amide bonds. The molecule has 168 valence electrons. The minimum Gasteiger partial charge on any atom is -0.455 e. The molecule has 0 saturated carbocycles. The van der Waals surface area contributed by atoms with E-state index in [4.69, 9.17) is 14.2 Å². The molecule has 2 N–H and O–H groups in total. The Morgan fingerprint density at radius 3 is 1.43 bits per heavy atom. The highest BCUT2D eigenvalue weighted by Gasteiger charge is 2.42. The average Bonchev–Trinajstić information content (AvgIpc) is 2.60. The Kier molecular flexibility index (Phi) is 12.0. The van der Waals surface area contributed by atoms with E-state index in [0.717, 1.165) is 20.8 Å². The molecule has 0 fully saturated rings. The summed E-state index contributed by atoms with van der Waals surface area (Å²) in [6.45, 7) is 2.17. The van der Waals surface area contributed by atoms with Crippen molar-refractivity contribution >= 4 is 41.5 Å². The molecule has 30 heavy (non-hydrogen) atoms. The molecule has 0 heterocycles. The van der Waals surface area contributed by atoms with Crippen LogP contribution in [0.15, 0.2) is 0 Å². The second-order valence-electron chi connectivity index (χ2n) is 6.39. The smallest absolute Gasteiger partial charge is 0.314 e. The number of aliphatic hydroxyl groups is 2. The lowest BCUT2D eigenvalue weighted by atomic mass is 10.0. The molecule has 0 bridgehead atoms. The van der Waals surface area contributed by atoms with Crippen molar-refractivity contribution in [2.45, 2.75) is 64.4 Å². The molecule has 12 nitrogen and oxygen atoms in total. The van der Waals surface area contributed by atoms with E-state index in [-0.39, 0.29) is 6.29 Å². The molecule has 0 aliphatic carbocycles. The second-order valence-corrected chi connectivity index (χ2v) is 6.39. The maximum Gasteiger partial charge on any atom is 0.314 e. The van der Waals surface area contributed by atoms with Gasteiger partial charge in [-0.05, 0) is 20.8 Å². The fraction of sp³-hybridized carbons (Fsp3) is 0.611. The first-order valence-corrected chi connectivity index (χ1v) is 8.72. The van der Waals surface area contributed by atoms with E-state index >= 15 is 0 Å². The first-order chi connectivity index (χ1) is 13.9. The summed E-state index contributed by atoms with van der Waals surface area (Å²) in [5.74, 6) is -5.41. The number of carbonyl (C=O) groups excluding carboxylic acids is 7. The van der Waals surface area contributed by atoms with Crippen molar-refractivity contribution in [1.82, 2.24) is 0 Å². The van der Waals surface area contributed by atoms with E-state index in [1.807, 2.05) is 0 Å². The Bertz CT molecular complexity index is 683. The van der Waals surface area contributed by atoms with Crippen LogP contribution < -0.4 is 0 Å². The lowest BCUT2D eigenvalue weighted by Gasteiger charge is -2.32. The summed E-state index contributed by atoms with van der Waals surface area (Å²) in [6, 6.07) is 0. The number of esters is 3. The van der Waals surface area contributed by atoms with Gasteiger partial charge in [0.05, 0.1) is 6.61 Å². The molecule has 0 aliphatic heterocycles. The Hall–Kier alpha value is -2.99. The van der Waals surface area contributed by atoms with Crippen LogP contribution in [-0.2, 0) is 47.8 Å². The van der Waals surface area contributed by atoms with Crippen LogP contribution in [0.4, 0.5) is 0 Å². The molecule has 0 radical (unpaired) electrons. The third kappa shape index (κ3) is 10.5. The molecule has 0 aromatic rings. The number of aliphatic hydroxyl groups excluding tert-OH is 2. The quantitative estimate of drug-likeness (QED) is 0.136. The molecule has 0 spiro atoms. The van der Waals surface area contributed by atoms with Crippen molar-refractivity contribution in [3.8, 4) is 0 Å². The fourth-order valence-electron chi connectivity index (χ4n) is 2.15. The van der Waals surface area contributed by atoms with Crippen LogP contribution in [0.25, 0.3) is 0 Å². The van der Waals surface area contributed by atoms with Gasteiger partial charge in [-0.2, -0.15) is 0 Å². The third-order valence-electron chi connectivity index (χ3n) is 3.33. The van der Waals surface area contributed by atoms with Gasteiger partial charge in [0.2, 0.25) is 0 Å². The number of hydrogen-bond donors (Lipinski definition) is 2. The molecular weight excluding hydrogens is 408 g/mol. The highest BCUT2D eigenvalue weighted by Crippen LogP contribution is 2.18. The molecule has 0 aromatic heterocycles. The van der Waals surface area contributed by atoms with Crippen LogP contribution in [-0.4, -0.2) is 82.8 Å². The zero-order chi connectivity index (χ0) is 23.4. The molecule has 0 aromatic carbocycles. The first kappa shape index (κ1) is 27.0. The molecule has 0 unspecified atom stereocenters. The Morgan fingerprint density at radius 1 is 0.733 bits per heavy atom. The van der Waals surface area contributed by atoms with Crippen molar-refractivity contribution in [3.63, 3.8) is 0 Å². The first-order valence-electron chi connectivity index (χ1n) is 8.72. The number of ether oxygens (including phenoxy) is 3. The van der Waals surface area contributed by atoms with E-state index in [2.05, 4.69) is 0 Å². The van der Waals surface area contributed by atoms with E-state index in [0.29, 0.717) is 0 Å². The van der Waals surface area contributed by atoms with Gasteiger partial charge in [-0.3, -0.25) is 33.6 Å². The maximum atomic E-state index is 11.9.